The monoisotopic (exact) mass is 323 g/mol. The highest BCUT2D eigenvalue weighted by molar-refractivity contribution is 7.07. The molecule has 1 N–H and O–H groups in total. The van der Waals surface area contributed by atoms with Crippen LogP contribution in [0.2, 0.25) is 0 Å². The standard InChI is InChI=1S/C15H21N3O3S/c19-14(13-2-1-8-21-13)17-4-6-18(7-5-17)15(20)16-10-12-3-9-22-11-12/h3,9,11,13H,1-2,4-8,10H2,(H,16,20). The lowest BCUT2D eigenvalue weighted by Crippen LogP contribution is -2.54. The van der Waals surface area contributed by atoms with E-state index in [2.05, 4.69) is 5.32 Å². The molecule has 0 radical (unpaired) electrons. The van der Waals surface area contributed by atoms with Gasteiger partial charge in [-0.2, -0.15) is 11.3 Å². The molecule has 0 bridgehead atoms. The number of hydrogen-bond donors (Lipinski definition) is 1. The summed E-state index contributed by atoms with van der Waals surface area (Å²) in [6.07, 6.45) is 1.51. The largest absolute Gasteiger partial charge is 0.368 e. The van der Waals surface area contributed by atoms with Gasteiger partial charge in [0.2, 0.25) is 0 Å². The molecule has 0 spiro atoms. The van der Waals surface area contributed by atoms with E-state index in [1.807, 2.05) is 21.7 Å². The molecule has 120 valence electrons. The maximum absolute atomic E-state index is 12.2. The number of rotatable bonds is 3. The molecule has 2 aliphatic rings. The smallest absolute Gasteiger partial charge is 0.317 e. The number of nitrogens with one attached hydrogen (secondary N) is 1. The fourth-order valence-electron chi connectivity index (χ4n) is 2.79. The van der Waals surface area contributed by atoms with E-state index in [0.29, 0.717) is 39.3 Å². The van der Waals surface area contributed by atoms with Crippen molar-refractivity contribution in [3.63, 3.8) is 0 Å². The predicted octanol–water partition coefficient (Wildman–Crippen LogP) is 1.28. The maximum atomic E-state index is 12.2. The molecule has 1 unspecified atom stereocenters. The molecule has 0 saturated carbocycles. The van der Waals surface area contributed by atoms with Gasteiger partial charge in [0.15, 0.2) is 0 Å². The van der Waals surface area contributed by atoms with Gasteiger partial charge in [0.25, 0.3) is 5.91 Å². The van der Waals surface area contributed by atoms with Crippen LogP contribution in [0.1, 0.15) is 18.4 Å². The minimum absolute atomic E-state index is 0.0598. The van der Waals surface area contributed by atoms with Crippen LogP contribution in [0.3, 0.4) is 0 Å². The highest BCUT2D eigenvalue weighted by Crippen LogP contribution is 2.16. The Kier molecular flexibility index (Phi) is 4.94. The fourth-order valence-corrected chi connectivity index (χ4v) is 3.46. The van der Waals surface area contributed by atoms with Crippen molar-refractivity contribution < 1.29 is 14.3 Å². The molecule has 2 fully saturated rings. The highest BCUT2D eigenvalue weighted by atomic mass is 32.1. The van der Waals surface area contributed by atoms with E-state index in [1.54, 1.807) is 16.2 Å². The zero-order chi connectivity index (χ0) is 15.4. The summed E-state index contributed by atoms with van der Waals surface area (Å²) in [5.41, 5.74) is 1.12. The number of carbonyl (C=O) groups excluding carboxylic acids is 2. The summed E-state index contributed by atoms with van der Waals surface area (Å²) >= 11 is 1.62. The molecule has 3 heterocycles. The second-order valence-electron chi connectivity index (χ2n) is 5.60. The number of thiophene rings is 1. The zero-order valence-corrected chi connectivity index (χ0v) is 13.3. The quantitative estimate of drug-likeness (QED) is 0.911. The predicted molar refractivity (Wildman–Crippen MR) is 83.7 cm³/mol. The summed E-state index contributed by atoms with van der Waals surface area (Å²) in [4.78, 5) is 27.9. The van der Waals surface area contributed by atoms with Crippen LogP contribution in [-0.2, 0) is 16.1 Å². The Balaban J connectivity index is 1.42. The van der Waals surface area contributed by atoms with Crippen LogP contribution >= 0.6 is 11.3 Å². The molecule has 1 atom stereocenters. The first-order valence-corrected chi connectivity index (χ1v) is 8.62. The Morgan fingerprint density at radius 2 is 2.05 bits per heavy atom. The minimum atomic E-state index is -0.265. The van der Waals surface area contributed by atoms with Crippen molar-refractivity contribution in [1.29, 1.82) is 0 Å². The summed E-state index contributed by atoms with van der Waals surface area (Å²) in [6, 6.07) is 1.94. The number of urea groups is 1. The van der Waals surface area contributed by atoms with E-state index in [-0.39, 0.29) is 18.0 Å². The molecular formula is C15H21N3O3S. The molecule has 1 aromatic heterocycles. The average molecular weight is 323 g/mol. The molecule has 22 heavy (non-hydrogen) atoms. The van der Waals surface area contributed by atoms with Crippen molar-refractivity contribution in [3.05, 3.63) is 22.4 Å². The third-order valence-corrected chi connectivity index (χ3v) is 4.84. The number of ether oxygens (including phenoxy) is 1. The number of nitrogens with zero attached hydrogens (tertiary/aromatic N) is 2. The number of carbonyl (C=O) groups is 2. The molecule has 7 heteroatoms. The Bertz CT molecular complexity index is 506. The topological polar surface area (TPSA) is 61.9 Å². The van der Waals surface area contributed by atoms with E-state index in [9.17, 15) is 9.59 Å². The summed E-state index contributed by atoms with van der Waals surface area (Å²) < 4.78 is 5.44. The fraction of sp³-hybridized carbons (Fsp3) is 0.600. The molecule has 0 aliphatic carbocycles. The summed E-state index contributed by atoms with van der Waals surface area (Å²) in [6.45, 7) is 3.57. The maximum Gasteiger partial charge on any atom is 0.317 e. The van der Waals surface area contributed by atoms with Crippen molar-refractivity contribution >= 4 is 23.3 Å². The van der Waals surface area contributed by atoms with Crippen molar-refractivity contribution in [2.75, 3.05) is 32.8 Å². The van der Waals surface area contributed by atoms with E-state index < -0.39 is 0 Å². The summed E-state index contributed by atoms with van der Waals surface area (Å²) in [7, 11) is 0. The third kappa shape index (κ3) is 3.59. The van der Waals surface area contributed by atoms with Gasteiger partial charge in [-0.3, -0.25) is 4.79 Å². The van der Waals surface area contributed by atoms with E-state index >= 15 is 0 Å². The highest BCUT2D eigenvalue weighted by Gasteiger charge is 2.31. The second kappa shape index (κ2) is 7.11. The Morgan fingerprint density at radius 1 is 1.27 bits per heavy atom. The molecule has 0 aromatic carbocycles. The summed E-state index contributed by atoms with van der Waals surface area (Å²) in [5, 5.41) is 6.94. The first kappa shape index (κ1) is 15.3. The SMILES string of the molecule is O=C(NCc1ccsc1)N1CCN(C(=O)C2CCCO2)CC1. The Morgan fingerprint density at radius 3 is 2.68 bits per heavy atom. The van der Waals surface area contributed by atoms with E-state index in [1.165, 1.54) is 0 Å². The Labute approximate surface area is 134 Å². The Hall–Kier alpha value is -1.60. The zero-order valence-electron chi connectivity index (χ0n) is 12.5. The van der Waals surface area contributed by atoms with Crippen molar-refractivity contribution in [1.82, 2.24) is 15.1 Å². The molecule has 3 rings (SSSR count). The van der Waals surface area contributed by atoms with Crippen molar-refractivity contribution in [3.8, 4) is 0 Å². The van der Waals surface area contributed by atoms with Crippen LogP contribution in [0.25, 0.3) is 0 Å². The van der Waals surface area contributed by atoms with Crippen molar-refractivity contribution in [2.24, 2.45) is 0 Å². The van der Waals surface area contributed by atoms with Crippen molar-refractivity contribution in [2.45, 2.75) is 25.5 Å². The van der Waals surface area contributed by atoms with Gasteiger partial charge in [-0.15, -0.1) is 0 Å². The van der Waals surface area contributed by atoms with Gasteiger partial charge in [-0.05, 0) is 35.2 Å². The van der Waals surface area contributed by atoms with Gasteiger partial charge in [-0.1, -0.05) is 0 Å². The van der Waals surface area contributed by atoms with Crippen LogP contribution in [0.5, 0.6) is 0 Å². The van der Waals surface area contributed by atoms with Crippen LogP contribution in [0, 0.1) is 0 Å². The lowest BCUT2D eigenvalue weighted by atomic mass is 10.2. The number of piperazine rings is 1. The first-order valence-electron chi connectivity index (χ1n) is 7.68. The van der Waals surface area contributed by atoms with Gasteiger partial charge in [0, 0.05) is 39.3 Å². The molecular weight excluding hydrogens is 302 g/mol. The van der Waals surface area contributed by atoms with Crippen LogP contribution < -0.4 is 5.32 Å². The van der Waals surface area contributed by atoms with Gasteiger partial charge in [0.05, 0.1) is 0 Å². The summed E-state index contributed by atoms with van der Waals surface area (Å²) in [5.74, 6) is 0.0795. The van der Waals surface area contributed by atoms with Gasteiger partial charge >= 0.3 is 6.03 Å². The van der Waals surface area contributed by atoms with Crippen LogP contribution in [-0.4, -0.2) is 60.6 Å². The first-order chi connectivity index (χ1) is 10.7. The van der Waals surface area contributed by atoms with Gasteiger partial charge in [0.1, 0.15) is 6.10 Å². The number of amides is 3. The molecule has 2 saturated heterocycles. The lowest BCUT2D eigenvalue weighted by molar-refractivity contribution is -0.142. The number of hydrogen-bond acceptors (Lipinski definition) is 4. The van der Waals surface area contributed by atoms with Crippen LogP contribution in [0.4, 0.5) is 4.79 Å². The van der Waals surface area contributed by atoms with E-state index in [0.717, 1.165) is 18.4 Å². The van der Waals surface area contributed by atoms with Gasteiger partial charge in [-0.25, -0.2) is 4.79 Å². The molecule has 1 aromatic rings. The molecule has 2 aliphatic heterocycles. The van der Waals surface area contributed by atoms with E-state index in [4.69, 9.17) is 4.74 Å². The third-order valence-electron chi connectivity index (χ3n) is 4.11. The average Bonchev–Trinajstić information content (AvgIpc) is 3.25. The normalized spacial score (nSPS) is 21.9. The minimum Gasteiger partial charge on any atom is -0.368 e. The second-order valence-corrected chi connectivity index (χ2v) is 6.38. The van der Waals surface area contributed by atoms with Gasteiger partial charge < -0.3 is 19.9 Å². The molecule has 3 amide bonds. The molecule has 6 nitrogen and oxygen atoms in total. The van der Waals surface area contributed by atoms with Crippen LogP contribution in [0.15, 0.2) is 16.8 Å². The lowest BCUT2D eigenvalue weighted by Gasteiger charge is -2.35.